The summed E-state index contributed by atoms with van der Waals surface area (Å²) < 4.78 is 2.17. The SMILES string of the molecule is C[SiH2]C(=O)N([SiH2]C)[SiH2]C. The third-order valence-corrected chi connectivity index (χ3v) is 8.28. The van der Waals surface area contributed by atoms with Crippen molar-refractivity contribution in [3.05, 3.63) is 0 Å². The smallest absolute Gasteiger partial charge is 0.170 e. The maximum Gasteiger partial charge on any atom is 0.170 e. The molecule has 9 heavy (non-hydrogen) atoms. The van der Waals surface area contributed by atoms with Crippen LogP contribution in [0, 0.1) is 0 Å². The van der Waals surface area contributed by atoms with Crippen molar-refractivity contribution in [3.63, 3.8) is 0 Å². The lowest BCUT2D eigenvalue weighted by molar-refractivity contribution is 0.255. The summed E-state index contributed by atoms with van der Waals surface area (Å²) in [5, 5.41) is 0. The first-order valence-electron chi connectivity index (χ1n) is 3.54. The van der Waals surface area contributed by atoms with Gasteiger partial charge in [-0.1, -0.05) is 19.6 Å². The highest BCUT2D eigenvalue weighted by Crippen LogP contribution is 1.84. The van der Waals surface area contributed by atoms with Gasteiger partial charge < -0.3 is 4.23 Å². The molecule has 0 unspecified atom stereocenters. The molecule has 0 fully saturated rings. The van der Waals surface area contributed by atoms with E-state index in [9.17, 15) is 4.79 Å². The molecular formula is C4H15NOSi3. The van der Waals surface area contributed by atoms with E-state index in [2.05, 4.69) is 23.9 Å². The fourth-order valence-corrected chi connectivity index (χ4v) is 6.42. The van der Waals surface area contributed by atoms with Crippen LogP contribution < -0.4 is 0 Å². The summed E-state index contributed by atoms with van der Waals surface area (Å²) in [7, 11) is -0.675. The summed E-state index contributed by atoms with van der Waals surface area (Å²) in [4.78, 5) is 11.0. The van der Waals surface area contributed by atoms with E-state index in [4.69, 9.17) is 0 Å². The average Bonchev–Trinajstić information content (AvgIpc) is 1.90. The summed E-state index contributed by atoms with van der Waals surface area (Å²) in [6.07, 6.45) is 0. The van der Waals surface area contributed by atoms with Crippen LogP contribution in [-0.2, 0) is 0 Å². The zero-order valence-corrected chi connectivity index (χ0v) is 10.7. The molecule has 0 aliphatic heterocycles. The van der Waals surface area contributed by atoms with Gasteiger partial charge in [0.25, 0.3) is 0 Å². The van der Waals surface area contributed by atoms with Crippen LogP contribution in [-0.4, -0.2) is 38.6 Å². The minimum atomic E-state index is -0.375. The molecule has 0 saturated heterocycles. The first-order chi connectivity index (χ1) is 4.26. The lowest BCUT2D eigenvalue weighted by Crippen LogP contribution is -2.36. The average molecular weight is 177 g/mol. The number of rotatable bonds is 3. The first-order valence-corrected chi connectivity index (χ1v) is 9.75. The zero-order chi connectivity index (χ0) is 7.28. The molecule has 1 amide bonds. The van der Waals surface area contributed by atoms with E-state index >= 15 is 0 Å². The van der Waals surface area contributed by atoms with Crippen molar-refractivity contribution in [2.45, 2.75) is 19.6 Å². The van der Waals surface area contributed by atoms with E-state index in [-0.39, 0.29) is 28.9 Å². The van der Waals surface area contributed by atoms with Crippen LogP contribution in [0.3, 0.4) is 0 Å². The minimum absolute atomic E-state index is 0.150. The third-order valence-electron chi connectivity index (χ3n) is 1.42. The molecule has 0 N–H and O–H groups in total. The predicted octanol–water partition coefficient (Wildman–Crippen LogP) is -1.11. The first kappa shape index (κ1) is 9.12. The Labute approximate surface area is 63.6 Å². The molecule has 0 aliphatic rings. The standard InChI is InChI=1S/C4H15NOSi3/c1-7-4(6)5(8-2)9-3/h7-9H2,1-3H3. The van der Waals surface area contributed by atoms with Crippen molar-refractivity contribution in [2.24, 2.45) is 0 Å². The largest absolute Gasteiger partial charge is 0.411 e. The van der Waals surface area contributed by atoms with Crippen molar-refractivity contribution < 1.29 is 4.79 Å². The van der Waals surface area contributed by atoms with Crippen LogP contribution in [0.15, 0.2) is 0 Å². The maximum absolute atomic E-state index is 11.0. The Kier molecular flexibility index (Phi) is 5.02. The van der Waals surface area contributed by atoms with Gasteiger partial charge in [0.05, 0.1) is 0 Å². The Morgan fingerprint density at radius 1 is 1.22 bits per heavy atom. The zero-order valence-electron chi connectivity index (χ0n) is 6.48. The van der Waals surface area contributed by atoms with Gasteiger partial charge in [-0.2, -0.15) is 0 Å². The highest BCUT2D eigenvalue weighted by atomic mass is 28.3. The van der Waals surface area contributed by atoms with Crippen molar-refractivity contribution in [3.8, 4) is 0 Å². The van der Waals surface area contributed by atoms with Gasteiger partial charge in [0.15, 0.2) is 5.53 Å². The van der Waals surface area contributed by atoms with Crippen molar-refractivity contribution in [1.29, 1.82) is 0 Å². The Balaban J connectivity index is 3.64. The van der Waals surface area contributed by atoms with Gasteiger partial charge in [0.2, 0.25) is 0 Å². The number of hydrogen-bond donors (Lipinski definition) is 0. The molecule has 54 valence electrons. The molecule has 0 aromatic rings. The van der Waals surface area contributed by atoms with Crippen LogP contribution in [0.5, 0.6) is 0 Å². The van der Waals surface area contributed by atoms with Gasteiger partial charge in [0, 0.05) is 0 Å². The highest BCUT2D eigenvalue weighted by molar-refractivity contribution is 6.78. The second kappa shape index (κ2) is 4.95. The van der Waals surface area contributed by atoms with Gasteiger partial charge in [-0.15, -0.1) is 0 Å². The normalized spacial score (nSPS) is 13.2. The molecular weight excluding hydrogens is 162 g/mol. The Morgan fingerprint density at radius 3 is 1.78 bits per heavy atom. The van der Waals surface area contributed by atoms with Gasteiger partial charge in [0.1, 0.15) is 28.9 Å². The van der Waals surface area contributed by atoms with E-state index in [0.29, 0.717) is 5.53 Å². The number of carbonyl (C=O) groups excluding carboxylic acids is 1. The van der Waals surface area contributed by atoms with Gasteiger partial charge in [-0.3, -0.25) is 4.79 Å². The van der Waals surface area contributed by atoms with E-state index in [1.807, 2.05) is 0 Å². The lowest BCUT2D eigenvalue weighted by Gasteiger charge is -2.17. The minimum Gasteiger partial charge on any atom is -0.411 e. The predicted molar refractivity (Wildman–Crippen MR) is 50.5 cm³/mol. The summed E-state index contributed by atoms with van der Waals surface area (Å²) in [6.45, 7) is 6.46. The number of amides is 1. The molecule has 0 radical (unpaired) electrons. The number of hydrogen-bond acceptors (Lipinski definition) is 1. The molecule has 0 bridgehead atoms. The molecule has 0 aromatic carbocycles. The van der Waals surface area contributed by atoms with E-state index in [0.717, 1.165) is 0 Å². The third kappa shape index (κ3) is 2.97. The van der Waals surface area contributed by atoms with E-state index in [1.54, 1.807) is 0 Å². The molecule has 5 heteroatoms. The van der Waals surface area contributed by atoms with Crippen LogP contribution >= 0.6 is 0 Å². The van der Waals surface area contributed by atoms with Crippen molar-refractivity contribution in [2.75, 3.05) is 0 Å². The van der Waals surface area contributed by atoms with Gasteiger partial charge in [-0.05, 0) is 0 Å². The lowest BCUT2D eigenvalue weighted by atomic mass is 11.4. The second-order valence-corrected chi connectivity index (χ2v) is 6.92. The molecule has 0 heterocycles. The van der Waals surface area contributed by atoms with Crippen LogP contribution in [0.25, 0.3) is 0 Å². The number of nitrogens with zero attached hydrogens (tertiary/aromatic N) is 1. The fourth-order valence-electron chi connectivity index (χ4n) is 0.800. The van der Waals surface area contributed by atoms with Gasteiger partial charge >= 0.3 is 0 Å². The van der Waals surface area contributed by atoms with Crippen LogP contribution in [0.4, 0.5) is 4.79 Å². The Hall–Kier alpha value is 0.121. The van der Waals surface area contributed by atoms with Crippen LogP contribution in [0.1, 0.15) is 0 Å². The van der Waals surface area contributed by atoms with Crippen LogP contribution in [0.2, 0.25) is 19.6 Å². The molecule has 0 spiro atoms. The second-order valence-electron chi connectivity index (χ2n) is 1.92. The van der Waals surface area contributed by atoms with E-state index < -0.39 is 0 Å². The van der Waals surface area contributed by atoms with Gasteiger partial charge in [-0.25, -0.2) is 0 Å². The molecule has 0 rings (SSSR count). The fraction of sp³-hybridized carbons (Fsp3) is 0.750. The summed E-state index contributed by atoms with van der Waals surface area (Å²) >= 11 is 0. The highest BCUT2D eigenvalue weighted by Gasteiger charge is 2.04. The molecule has 2 nitrogen and oxygen atoms in total. The Morgan fingerprint density at radius 2 is 1.67 bits per heavy atom. The molecule has 0 aliphatic carbocycles. The topological polar surface area (TPSA) is 20.3 Å². The summed E-state index contributed by atoms with van der Waals surface area (Å²) in [6, 6.07) is 0. The molecule has 0 aromatic heterocycles. The quantitative estimate of drug-likeness (QED) is 0.501. The van der Waals surface area contributed by atoms with E-state index in [1.165, 1.54) is 0 Å². The maximum atomic E-state index is 11.0. The summed E-state index contributed by atoms with van der Waals surface area (Å²) in [5.74, 6) is 0. The number of carbonyl (C=O) groups is 1. The molecule has 0 atom stereocenters. The summed E-state index contributed by atoms with van der Waals surface area (Å²) in [5.41, 5.74) is 0.512. The van der Waals surface area contributed by atoms with Crippen molar-refractivity contribution >= 4 is 34.4 Å². The molecule has 0 saturated carbocycles. The monoisotopic (exact) mass is 177 g/mol. The van der Waals surface area contributed by atoms with Crippen molar-refractivity contribution in [1.82, 2.24) is 4.23 Å². The Bertz CT molecular complexity index is 93.8.